The number of rotatable bonds is 4. The average molecular weight is 331 g/mol. The van der Waals surface area contributed by atoms with Crippen LogP contribution in [0.5, 0.6) is 5.75 Å². The maximum absolute atomic E-state index is 12.3. The van der Waals surface area contributed by atoms with Crippen molar-refractivity contribution in [3.05, 3.63) is 29.8 Å². The van der Waals surface area contributed by atoms with Crippen LogP contribution in [0.25, 0.3) is 0 Å². The van der Waals surface area contributed by atoms with Crippen molar-refractivity contribution in [2.45, 2.75) is 19.0 Å². The van der Waals surface area contributed by atoms with E-state index in [9.17, 15) is 22.8 Å². The zero-order chi connectivity index (χ0) is 17.0. The van der Waals surface area contributed by atoms with Gasteiger partial charge in [0.2, 0.25) is 0 Å². The van der Waals surface area contributed by atoms with Gasteiger partial charge >= 0.3 is 12.1 Å². The Bertz CT molecular complexity index is 563. The van der Waals surface area contributed by atoms with Gasteiger partial charge in [-0.15, -0.1) is 0 Å². The van der Waals surface area contributed by atoms with Gasteiger partial charge < -0.3 is 14.7 Å². The standard InChI is InChI=1S/C15H16F3NO4/c16-15(17,18)9-23-12-3-1-10(2-4-12)13(20)19-7-5-11(6-8-19)14(21)22/h1-4,11H,5-9H2,(H,21,22). The van der Waals surface area contributed by atoms with Crippen molar-refractivity contribution in [2.75, 3.05) is 19.7 Å². The number of amides is 1. The first-order chi connectivity index (χ1) is 10.8. The number of carboxylic acid groups (broad SMARTS) is 1. The molecule has 1 N–H and O–H groups in total. The van der Waals surface area contributed by atoms with Crippen LogP contribution in [0.1, 0.15) is 23.2 Å². The molecule has 0 atom stereocenters. The van der Waals surface area contributed by atoms with Gasteiger partial charge in [-0.25, -0.2) is 0 Å². The second-order valence-corrected chi connectivity index (χ2v) is 5.33. The Hall–Kier alpha value is -2.25. The minimum Gasteiger partial charge on any atom is -0.484 e. The summed E-state index contributed by atoms with van der Waals surface area (Å²) >= 11 is 0. The van der Waals surface area contributed by atoms with Crippen molar-refractivity contribution >= 4 is 11.9 Å². The van der Waals surface area contributed by atoms with Crippen LogP contribution in [-0.4, -0.2) is 47.8 Å². The number of carboxylic acids is 1. The number of alkyl halides is 3. The summed E-state index contributed by atoms with van der Waals surface area (Å²) in [5.41, 5.74) is 0.332. The largest absolute Gasteiger partial charge is 0.484 e. The number of nitrogens with zero attached hydrogens (tertiary/aromatic N) is 1. The smallest absolute Gasteiger partial charge is 0.422 e. The third-order valence-corrected chi connectivity index (χ3v) is 3.64. The fourth-order valence-electron chi connectivity index (χ4n) is 2.37. The number of hydrogen-bond donors (Lipinski definition) is 1. The van der Waals surface area contributed by atoms with Crippen molar-refractivity contribution in [2.24, 2.45) is 5.92 Å². The van der Waals surface area contributed by atoms with Crippen LogP contribution in [-0.2, 0) is 4.79 Å². The maximum atomic E-state index is 12.3. The van der Waals surface area contributed by atoms with Gasteiger partial charge in [0.25, 0.3) is 5.91 Å². The predicted molar refractivity (Wildman–Crippen MR) is 74.3 cm³/mol. The Kier molecular flexibility index (Phi) is 5.12. The highest BCUT2D eigenvalue weighted by Gasteiger charge is 2.29. The van der Waals surface area contributed by atoms with E-state index < -0.39 is 24.7 Å². The molecular weight excluding hydrogens is 315 g/mol. The SMILES string of the molecule is O=C(O)C1CCN(C(=O)c2ccc(OCC(F)(F)F)cc2)CC1. The molecule has 8 heteroatoms. The van der Waals surface area contributed by atoms with Gasteiger partial charge in [-0.2, -0.15) is 13.2 Å². The first-order valence-electron chi connectivity index (χ1n) is 7.08. The monoisotopic (exact) mass is 331 g/mol. The van der Waals surface area contributed by atoms with Crippen molar-refractivity contribution in [1.29, 1.82) is 0 Å². The van der Waals surface area contributed by atoms with Gasteiger partial charge in [-0.3, -0.25) is 9.59 Å². The molecule has 0 radical (unpaired) electrons. The molecule has 1 aromatic carbocycles. The van der Waals surface area contributed by atoms with Crippen LogP contribution < -0.4 is 4.74 Å². The van der Waals surface area contributed by atoms with E-state index in [0.717, 1.165) is 0 Å². The van der Waals surface area contributed by atoms with Crippen molar-refractivity contribution in [3.8, 4) is 5.75 Å². The minimum atomic E-state index is -4.41. The molecule has 1 aliphatic rings. The van der Waals surface area contributed by atoms with Crippen LogP contribution in [0.4, 0.5) is 13.2 Å². The van der Waals surface area contributed by atoms with Crippen molar-refractivity contribution < 1.29 is 32.6 Å². The predicted octanol–water partition coefficient (Wildman–Crippen LogP) is 2.56. The lowest BCUT2D eigenvalue weighted by Gasteiger charge is -2.30. The van der Waals surface area contributed by atoms with Gasteiger partial charge in [0.1, 0.15) is 5.75 Å². The minimum absolute atomic E-state index is 0.0310. The van der Waals surface area contributed by atoms with E-state index >= 15 is 0 Å². The molecule has 0 saturated carbocycles. The van der Waals surface area contributed by atoms with Crippen molar-refractivity contribution in [3.63, 3.8) is 0 Å². The molecular formula is C15H16F3NO4. The van der Waals surface area contributed by atoms with E-state index in [2.05, 4.69) is 4.74 Å². The summed E-state index contributed by atoms with van der Waals surface area (Å²) in [6, 6.07) is 5.42. The van der Waals surface area contributed by atoms with E-state index in [4.69, 9.17) is 5.11 Å². The van der Waals surface area contributed by atoms with E-state index in [0.29, 0.717) is 31.5 Å². The molecule has 0 aliphatic carbocycles. The number of aliphatic carboxylic acids is 1. The molecule has 1 amide bonds. The Morgan fingerprint density at radius 2 is 1.74 bits per heavy atom. The fourth-order valence-corrected chi connectivity index (χ4v) is 2.37. The molecule has 0 unspecified atom stereocenters. The molecule has 0 aromatic heterocycles. The second-order valence-electron chi connectivity index (χ2n) is 5.33. The third-order valence-electron chi connectivity index (χ3n) is 3.64. The van der Waals surface area contributed by atoms with E-state index in [-0.39, 0.29) is 11.7 Å². The van der Waals surface area contributed by atoms with Crippen LogP contribution in [0.2, 0.25) is 0 Å². The Morgan fingerprint density at radius 1 is 1.17 bits per heavy atom. The number of hydrogen-bond acceptors (Lipinski definition) is 3. The number of likely N-dealkylation sites (tertiary alicyclic amines) is 1. The fraction of sp³-hybridized carbons (Fsp3) is 0.467. The summed E-state index contributed by atoms with van der Waals surface area (Å²) in [6.45, 7) is -0.687. The van der Waals surface area contributed by atoms with Crippen LogP contribution >= 0.6 is 0 Å². The van der Waals surface area contributed by atoms with Crippen LogP contribution in [0.15, 0.2) is 24.3 Å². The highest BCUT2D eigenvalue weighted by Crippen LogP contribution is 2.22. The summed E-state index contributed by atoms with van der Waals surface area (Å²) in [5, 5.41) is 8.92. The maximum Gasteiger partial charge on any atom is 0.422 e. The number of halogens is 3. The molecule has 0 spiro atoms. The molecule has 0 bridgehead atoms. The summed E-state index contributed by atoms with van der Waals surface area (Å²) < 4.78 is 40.7. The summed E-state index contributed by atoms with van der Waals surface area (Å²) in [7, 11) is 0. The summed E-state index contributed by atoms with van der Waals surface area (Å²) in [4.78, 5) is 24.7. The van der Waals surface area contributed by atoms with Gasteiger partial charge in [0.15, 0.2) is 6.61 Å². The quantitative estimate of drug-likeness (QED) is 0.921. The van der Waals surface area contributed by atoms with E-state index in [1.165, 1.54) is 24.3 Å². The Labute approximate surface area is 130 Å². The van der Waals surface area contributed by atoms with Crippen LogP contribution in [0.3, 0.4) is 0 Å². The van der Waals surface area contributed by atoms with Gasteiger partial charge in [0.05, 0.1) is 5.92 Å². The lowest BCUT2D eigenvalue weighted by Crippen LogP contribution is -2.40. The molecule has 1 saturated heterocycles. The van der Waals surface area contributed by atoms with E-state index in [1.807, 2.05) is 0 Å². The van der Waals surface area contributed by atoms with Crippen molar-refractivity contribution in [1.82, 2.24) is 4.90 Å². The lowest BCUT2D eigenvalue weighted by atomic mass is 9.96. The van der Waals surface area contributed by atoms with E-state index in [1.54, 1.807) is 4.90 Å². The Balaban J connectivity index is 1.92. The third kappa shape index (κ3) is 4.87. The molecule has 23 heavy (non-hydrogen) atoms. The first-order valence-corrected chi connectivity index (χ1v) is 7.08. The lowest BCUT2D eigenvalue weighted by molar-refractivity contribution is -0.153. The number of carbonyl (C=O) groups is 2. The van der Waals surface area contributed by atoms with Gasteiger partial charge in [-0.05, 0) is 37.1 Å². The molecule has 5 nitrogen and oxygen atoms in total. The average Bonchev–Trinajstić information content (AvgIpc) is 2.52. The Morgan fingerprint density at radius 3 is 2.22 bits per heavy atom. The molecule has 1 aromatic rings. The number of piperidine rings is 1. The first kappa shape index (κ1) is 17.1. The zero-order valence-corrected chi connectivity index (χ0v) is 12.2. The number of ether oxygens (including phenoxy) is 1. The topological polar surface area (TPSA) is 66.8 Å². The molecule has 1 heterocycles. The second kappa shape index (κ2) is 6.89. The van der Waals surface area contributed by atoms with Gasteiger partial charge in [-0.1, -0.05) is 0 Å². The van der Waals surface area contributed by atoms with Crippen LogP contribution in [0, 0.1) is 5.92 Å². The number of benzene rings is 1. The van der Waals surface area contributed by atoms with Gasteiger partial charge in [0, 0.05) is 18.7 Å². The zero-order valence-electron chi connectivity index (χ0n) is 12.2. The molecule has 126 valence electrons. The highest BCUT2D eigenvalue weighted by atomic mass is 19.4. The molecule has 1 fully saturated rings. The number of carbonyl (C=O) groups excluding carboxylic acids is 1. The molecule has 2 rings (SSSR count). The summed E-state index contributed by atoms with van der Waals surface area (Å²) in [5.74, 6) is -1.53. The molecule has 1 aliphatic heterocycles. The highest BCUT2D eigenvalue weighted by molar-refractivity contribution is 5.94. The summed E-state index contributed by atoms with van der Waals surface area (Å²) in [6.07, 6.45) is -3.62. The normalized spacial score (nSPS) is 16.2.